The van der Waals surface area contributed by atoms with Gasteiger partial charge in [-0.25, -0.2) is 4.79 Å². The van der Waals surface area contributed by atoms with Crippen molar-refractivity contribution in [2.24, 2.45) is 0 Å². The number of hydrogen-bond acceptors (Lipinski definition) is 2. The van der Waals surface area contributed by atoms with Crippen molar-refractivity contribution >= 4 is 29.8 Å². The number of benzene rings is 4. The average Bonchev–Trinajstić information content (AvgIpc) is 2.82. The van der Waals surface area contributed by atoms with Crippen LogP contribution in [-0.2, 0) is 11.2 Å². The summed E-state index contributed by atoms with van der Waals surface area (Å²) >= 11 is 0. The van der Waals surface area contributed by atoms with Gasteiger partial charge in [0, 0.05) is 0 Å². The van der Waals surface area contributed by atoms with Gasteiger partial charge < -0.3 is 4.74 Å². The monoisotopic (exact) mass is 410 g/mol. The lowest BCUT2D eigenvalue weighted by atomic mass is 10.0. The van der Waals surface area contributed by atoms with Crippen LogP contribution in [0.5, 0.6) is 0 Å². The van der Waals surface area contributed by atoms with E-state index in [1.54, 1.807) is 0 Å². The molecule has 0 saturated heterocycles. The zero-order chi connectivity index (χ0) is 20.8. The number of carbonyl (C=O) groups is 1. The largest absolute Gasteiger partial charge is 0.465 e. The molecule has 0 aliphatic carbocycles. The first-order chi connectivity index (χ1) is 14.8. The molecule has 0 aromatic heterocycles. The van der Waals surface area contributed by atoms with Crippen molar-refractivity contribution in [3.8, 4) is 0 Å². The Labute approximate surface area is 178 Å². The minimum absolute atomic E-state index is 0.306. The van der Waals surface area contributed by atoms with Gasteiger partial charge in [0.1, 0.15) is 0 Å². The molecule has 4 aromatic carbocycles. The van der Waals surface area contributed by atoms with E-state index in [2.05, 4.69) is 78.9 Å². The number of rotatable bonds is 6. The van der Waals surface area contributed by atoms with Gasteiger partial charge in [-0.3, -0.25) is 0 Å². The van der Waals surface area contributed by atoms with Crippen LogP contribution >= 0.6 is 7.92 Å². The maximum absolute atomic E-state index is 12.2. The lowest BCUT2D eigenvalue weighted by Crippen LogP contribution is -2.24. The van der Waals surface area contributed by atoms with Gasteiger partial charge in [-0.1, -0.05) is 97.1 Å². The van der Waals surface area contributed by atoms with Crippen molar-refractivity contribution < 1.29 is 9.53 Å². The summed E-state index contributed by atoms with van der Waals surface area (Å²) in [7, 11) is 0.674. The summed E-state index contributed by atoms with van der Waals surface area (Å²) in [6, 6.07) is 37.6. The second kappa shape index (κ2) is 9.52. The van der Waals surface area contributed by atoms with Crippen LogP contribution in [0.4, 0.5) is 0 Å². The zero-order valence-corrected chi connectivity index (χ0v) is 17.8. The number of esters is 1. The molecule has 2 nitrogen and oxygen atoms in total. The molecule has 0 spiro atoms. The molecule has 0 fully saturated rings. The third-order valence-electron chi connectivity index (χ3n) is 5.01. The van der Waals surface area contributed by atoms with Crippen LogP contribution in [0.1, 0.15) is 21.5 Å². The highest BCUT2D eigenvalue weighted by Gasteiger charge is 2.21. The zero-order valence-electron chi connectivity index (χ0n) is 16.9. The molecule has 4 aromatic rings. The first-order valence-corrected chi connectivity index (χ1v) is 11.3. The Morgan fingerprint density at radius 1 is 0.733 bits per heavy atom. The predicted octanol–water partition coefficient (Wildman–Crippen LogP) is 4.82. The van der Waals surface area contributed by atoms with E-state index in [9.17, 15) is 4.79 Å². The highest BCUT2D eigenvalue weighted by Crippen LogP contribution is 2.35. The van der Waals surface area contributed by atoms with Crippen molar-refractivity contribution in [1.82, 2.24) is 0 Å². The number of hydrogen-bond donors (Lipinski definition) is 0. The number of methoxy groups -OCH3 is 1. The Morgan fingerprint density at radius 2 is 1.27 bits per heavy atom. The predicted molar refractivity (Wildman–Crippen MR) is 126 cm³/mol. The van der Waals surface area contributed by atoms with Crippen LogP contribution in [0.15, 0.2) is 109 Å². The summed E-state index contributed by atoms with van der Waals surface area (Å²) in [4.78, 5) is 12.2. The summed E-state index contributed by atoms with van der Waals surface area (Å²) in [5.74, 6) is -0.306. The Balaban J connectivity index is 1.88. The third kappa shape index (κ3) is 4.50. The fourth-order valence-corrected chi connectivity index (χ4v) is 6.04. The molecule has 0 atom stereocenters. The molecule has 0 unspecified atom stereocenters. The van der Waals surface area contributed by atoms with Crippen LogP contribution < -0.4 is 15.9 Å². The average molecular weight is 410 g/mol. The summed E-state index contributed by atoms with van der Waals surface area (Å²) in [5, 5.41) is 3.84. The van der Waals surface area contributed by atoms with Gasteiger partial charge in [0.15, 0.2) is 0 Å². The van der Waals surface area contributed by atoms with Crippen molar-refractivity contribution in [2.75, 3.05) is 7.11 Å². The van der Waals surface area contributed by atoms with Crippen LogP contribution in [0.25, 0.3) is 0 Å². The quantitative estimate of drug-likeness (QED) is 0.336. The molecule has 4 rings (SSSR count). The minimum Gasteiger partial charge on any atom is -0.465 e. The highest BCUT2D eigenvalue weighted by atomic mass is 31.1. The second-order valence-corrected chi connectivity index (χ2v) is 9.19. The normalized spacial score (nSPS) is 10.7. The van der Waals surface area contributed by atoms with E-state index >= 15 is 0 Å². The summed E-state index contributed by atoms with van der Waals surface area (Å²) in [6.07, 6.45) is 0.763. The SMILES string of the molecule is COC(=O)c1ccc(P(c2ccccc2)c2ccccc2)c(Cc2ccccc2)c1. The van der Waals surface area contributed by atoms with E-state index in [0.717, 1.165) is 12.0 Å². The van der Waals surface area contributed by atoms with Gasteiger partial charge in [-0.15, -0.1) is 0 Å². The standard InChI is InChI=1S/C27H23O2P/c1-29-27(28)22-17-18-26(23(20-22)19-21-11-5-2-6-12-21)30(24-13-7-3-8-14-24)25-15-9-4-10-16-25/h2-18,20H,19H2,1H3. The van der Waals surface area contributed by atoms with Crippen LogP contribution in [0.3, 0.4) is 0 Å². The molecule has 0 heterocycles. The Hall–Kier alpha value is -3.22. The lowest BCUT2D eigenvalue weighted by Gasteiger charge is -2.23. The molecular weight excluding hydrogens is 387 g/mol. The Morgan fingerprint density at radius 3 is 1.80 bits per heavy atom. The summed E-state index contributed by atoms with van der Waals surface area (Å²) < 4.78 is 4.98. The summed E-state index contributed by atoms with van der Waals surface area (Å²) in [6.45, 7) is 0. The molecule has 0 N–H and O–H groups in total. The maximum Gasteiger partial charge on any atom is 0.337 e. The van der Waals surface area contributed by atoms with E-state index < -0.39 is 7.92 Å². The Bertz CT molecular complexity index is 1070. The van der Waals surface area contributed by atoms with E-state index in [1.165, 1.54) is 28.6 Å². The van der Waals surface area contributed by atoms with Crippen molar-refractivity contribution in [3.05, 3.63) is 126 Å². The van der Waals surface area contributed by atoms with Gasteiger partial charge in [0.2, 0.25) is 0 Å². The molecule has 0 saturated carbocycles. The minimum atomic E-state index is -0.751. The molecule has 0 bridgehead atoms. The second-order valence-electron chi connectivity index (χ2n) is 7.00. The van der Waals surface area contributed by atoms with Crippen molar-refractivity contribution in [2.45, 2.75) is 6.42 Å². The van der Waals surface area contributed by atoms with Gasteiger partial charge >= 0.3 is 5.97 Å². The van der Waals surface area contributed by atoms with E-state index in [-0.39, 0.29) is 5.97 Å². The lowest BCUT2D eigenvalue weighted by molar-refractivity contribution is 0.0600. The molecule has 0 amide bonds. The summed E-state index contributed by atoms with van der Waals surface area (Å²) in [5.41, 5.74) is 2.96. The molecule has 30 heavy (non-hydrogen) atoms. The first kappa shape index (κ1) is 20.1. The molecule has 0 radical (unpaired) electrons. The van der Waals surface area contributed by atoms with E-state index in [0.29, 0.717) is 5.56 Å². The molecule has 148 valence electrons. The molecule has 0 aliphatic heterocycles. The van der Waals surface area contributed by atoms with Crippen molar-refractivity contribution in [1.29, 1.82) is 0 Å². The molecular formula is C27H23O2P. The van der Waals surface area contributed by atoms with Gasteiger partial charge in [-0.2, -0.15) is 0 Å². The first-order valence-electron chi connectivity index (χ1n) is 9.91. The fraction of sp³-hybridized carbons (Fsp3) is 0.0741. The topological polar surface area (TPSA) is 26.3 Å². The number of ether oxygens (including phenoxy) is 1. The van der Waals surface area contributed by atoms with Crippen LogP contribution in [0.2, 0.25) is 0 Å². The number of carbonyl (C=O) groups excluding carboxylic acids is 1. The fourth-order valence-electron chi connectivity index (χ4n) is 3.59. The van der Waals surface area contributed by atoms with Gasteiger partial charge in [0.25, 0.3) is 0 Å². The maximum atomic E-state index is 12.2. The molecule has 3 heteroatoms. The van der Waals surface area contributed by atoms with Gasteiger partial charge in [-0.05, 0) is 53.5 Å². The van der Waals surface area contributed by atoms with Crippen LogP contribution in [0, 0.1) is 0 Å². The van der Waals surface area contributed by atoms with Gasteiger partial charge in [0.05, 0.1) is 12.7 Å². The van der Waals surface area contributed by atoms with Crippen molar-refractivity contribution in [3.63, 3.8) is 0 Å². The van der Waals surface area contributed by atoms with E-state index in [1.807, 2.05) is 30.3 Å². The highest BCUT2D eigenvalue weighted by molar-refractivity contribution is 7.79. The Kier molecular flexibility index (Phi) is 6.37. The van der Waals surface area contributed by atoms with Crippen LogP contribution in [-0.4, -0.2) is 13.1 Å². The smallest absolute Gasteiger partial charge is 0.337 e. The third-order valence-corrected chi connectivity index (χ3v) is 7.55. The van der Waals surface area contributed by atoms with E-state index in [4.69, 9.17) is 4.74 Å². The molecule has 0 aliphatic rings.